The second-order valence-electron chi connectivity index (χ2n) is 8.11. The van der Waals surface area contributed by atoms with E-state index >= 15 is 0 Å². The minimum Gasteiger partial charge on any atom is -0.327 e. The lowest BCUT2D eigenvalue weighted by Gasteiger charge is -2.37. The molecule has 0 aromatic heterocycles. The molecule has 2 unspecified atom stereocenters. The zero-order chi connectivity index (χ0) is 18.0. The molecule has 25 heavy (non-hydrogen) atoms. The van der Waals surface area contributed by atoms with Crippen LogP contribution in [-0.2, 0) is 13.0 Å². The first-order valence-corrected chi connectivity index (χ1v) is 9.51. The molecule has 1 fully saturated rings. The predicted octanol–water partition coefficient (Wildman–Crippen LogP) is 4.31. The van der Waals surface area contributed by atoms with E-state index in [0.29, 0.717) is 5.92 Å². The van der Waals surface area contributed by atoms with E-state index in [1.165, 1.54) is 33.4 Å². The first kappa shape index (κ1) is 18.2. The van der Waals surface area contributed by atoms with Gasteiger partial charge in [0.2, 0.25) is 0 Å². The van der Waals surface area contributed by atoms with E-state index in [1.54, 1.807) is 0 Å². The van der Waals surface area contributed by atoms with E-state index in [-0.39, 0.29) is 6.04 Å². The fourth-order valence-corrected chi connectivity index (χ4v) is 4.15. The molecule has 2 nitrogen and oxygen atoms in total. The molecule has 2 aromatic rings. The summed E-state index contributed by atoms with van der Waals surface area (Å²) in [6.45, 7) is 11.9. The van der Waals surface area contributed by atoms with Crippen LogP contribution in [0.15, 0.2) is 36.4 Å². The molecule has 1 saturated heterocycles. The van der Waals surface area contributed by atoms with Gasteiger partial charge in [0.05, 0.1) is 0 Å². The Kier molecular flexibility index (Phi) is 5.61. The minimum absolute atomic E-state index is 0.288. The fourth-order valence-electron chi connectivity index (χ4n) is 4.15. The summed E-state index contributed by atoms with van der Waals surface area (Å²) in [5, 5.41) is 0. The number of piperidine rings is 1. The van der Waals surface area contributed by atoms with Crippen molar-refractivity contribution in [2.75, 3.05) is 13.1 Å². The summed E-state index contributed by atoms with van der Waals surface area (Å²) < 4.78 is 0. The van der Waals surface area contributed by atoms with E-state index in [2.05, 4.69) is 69.0 Å². The van der Waals surface area contributed by atoms with Gasteiger partial charge >= 0.3 is 0 Å². The third-order valence-corrected chi connectivity index (χ3v) is 5.63. The number of benzene rings is 2. The zero-order valence-electron chi connectivity index (χ0n) is 16.2. The van der Waals surface area contributed by atoms with Crippen LogP contribution in [0.4, 0.5) is 0 Å². The van der Waals surface area contributed by atoms with Gasteiger partial charge in [0.25, 0.3) is 0 Å². The van der Waals surface area contributed by atoms with Gasteiger partial charge < -0.3 is 5.73 Å². The van der Waals surface area contributed by atoms with Crippen molar-refractivity contribution in [3.63, 3.8) is 0 Å². The highest BCUT2D eigenvalue weighted by atomic mass is 15.1. The molecule has 3 rings (SSSR count). The van der Waals surface area contributed by atoms with Crippen LogP contribution in [0.5, 0.6) is 0 Å². The lowest BCUT2D eigenvalue weighted by atomic mass is 9.88. The van der Waals surface area contributed by atoms with Crippen molar-refractivity contribution in [3.05, 3.63) is 69.8 Å². The van der Waals surface area contributed by atoms with E-state index in [4.69, 9.17) is 5.73 Å². The number of nitrogens with two attached hydrogens (primary N) is 1. The molecule has 0 radical (unpaired) electrons. The lowest BCUT2D eigenvalue weighted by molar-refractivity contribution is 0.149. The molecule has 2 atom stereocenters. The average molecular weight is 337 g/mol. The molecule has 2 N–H and O–H groups in total. The van der Waals surface area contributed by atoms with Crippen LogP contribution < -0.4 is 5.73 Å². The average Bonchev–Trinajstić information content (AvgIpc) is 2.53. The number of aryl methyl sites for hydroxylation is 4. The standard InChI is InChI=1S/C23H32N2/c1-16-5-8-22(19(4)9-16)14-25-13-21(12-23(24)15-25)11-20-7-6-17(2)18(3)10-20/h5-10,21,23H,11-15,24H2,1-4H3. The largest absolute Gasteiger partial charge is 0.327 e. The number of likely N-dealkylation sites (tertiary alicyclic amines) is 1. The Morgan fingerprint density at radius 3 is 2.44 bits per heavy atom. The van der Waals surface area contributed by atoms with Gasteiger partial charge in [0.1, 0.15) is 0 Å². The molecule has 1 heterocycles. The summed E-state index contributed by atoms with van der Waals surface area (Å²) in [4.78, 5) is 2.55. The van der Waals surface area contributed by atoms with Crippen molar-refractivity contribution in [2.24, 2.45) is 11.7 Å². The van der Waals surface area contributed by atoms with Crippen molar-refractivity contribution < 1.29 is 0 Å². The Hall–Kier alpha value is -1.64. The second kappa shape index (κ2) is 7.72. The third-order valence-electron chi connectivity index (χ3n) is 5.63. The van der Waals surface area contributed by atoms with Crippen LogP contribution in [0, 0.1) is 33.6 Å². The smallest absolute Gasteiger partial charge is 0.0237 e. The van der Waals surface area contributed by atoms with Crippen molar-refractivity contribution in [2.45, 2.75) is 53.1 Å². The zero-order valence-corrected chi connectivity index (χ0v) is 16.2. The highest BCUT2D eigenvalue weighted by Gasteiger charge is 2.25. The van der Waals surface area contributed by atoms with Gasteiger partial charge in [-0.05, 0) is 74.3 Å². The van der Waals surface area contributed by atoms with Gasteiger partial charge in [0.15, 0.2) is 0 Å². The molecule has 0 saturated carbocycles. The highest BCUT2D eigenvalue weighted by molar-refractivity contribution is 5.31. The Labute approximate surface area is 153 Å². The van der Waals surface area contributed by atoms with Gasteiger partial charge in [0, 0.05) is 25.7 Å². The Morgan fingerprint density at radius 1 is 0.920 bits per heavy atom. The van der Waals surface area contributed by atoms with Crippen LogP contribution in [0.3, 0.4) is 0 Å². The van der Waals surface area contributed by atoms with Crippen molar-refractivity contribution >= 4 is 0 Å². The predicted molar refractivity (Wildman–Crippen MR) is 107 cm³/mol. The molecule has 134 valence electrons. The lowest BCUT2D eigenvalue weighted by Crippen LogP contribution is -2.47. The van der Waals surface area contributed by atoms with Crippen LogP contribution in [-0.4, -0.2) is 24.0 Å². The van der Waals surface area contributed by atoms with E-state index < -0.39 is 0 Å². The van der Waals surface area contributed by atoms with E-state index in [9.17, 15) is 0 Å². The Bertz CT molecular complexity index is 735. The summed E-state index contributed by atoms with van der Waals surface area (Å²) in [6.07, 6.45) is 2.27. The van der Waals surface area contributed by atoms with Gasteiger partial charge in [-0.1, -0.05) is 42.0 Å². The number of rotatable bonds is 4. The molecular formula is C23H32N2. The molecule has 1 aliphatic heterocycles. The first-order valence-electron chi connectivity index (χ1n) is 9.51. The maximum absolute atomic E-state index is 6.40. The molecule has 2 aromatic carbocycles. The highest BCUT2D eigenvalue weighted by Crippen LogP contribution is 2.24. The van der Waals surface area contributed by atoms with Crippen LogP contribution in [0.1, 0.15) is 39.8 Å². The summed E-state index contributed by atoms with van der Waals surface area (Å²) in [6, 6.07) is 14.0. The normalized spacial score (nSPS) is 21.5. The van der Waals surface area contributed by atoms with Crippen LogP contribution in [0.25, 0.3) is 0 Å². The molecule has 2 heteroatoms. The molecule has 0 aliphatic carbocycles. The molecule has 0 amide bonds. The maximum atomic E-state index is 6.40. The van der Waals surface area contributed by atoms with Gasteiger partial charge in [-0.3, -0.25) is 4.90 Å². The van der Waals surface area contributed by atoms with Crippen LogP contribution >= 0.6 is 0 Å². The Balaban J connectivity index is 1.67. The van der Waals surface area contributed by atoms with E-state index in [0.717, 1.165) is 32.5 Å². The molecular weight excluding hydrogens is 304 g/mol. The maximum Gasteiger partial charge on any atom is 0.0237 e. The number of nitrogens with zero attached hydrogens (tertiary/aromatic N) is 1. The Morgan fingerprint density at radius 2 is 1.72 bits per heavy atom. The monoisotopic (exact) mass is 336 g/mol. The van der Waals surface area contributed by atoms with Crippen molar-refractivity contribution in [3.8, 4) is 0 Å². The first-order chi connectivity index (χ1) is 11.9. The summed E-state index contributed by atoms with van der Waals surface area (Å²) >= 11 is 0. The summed E-state index contributed by atoms with van der Waals surface area (Å²) in [5.74, 6) is 0.650. The molecule has 0 spiro atoms. The molecule has 0 bridgehead atoms. The second-order valence-corrected chi connectivity index (χ2v) is 8.11. The van der Waals surface area contributed by atoms with Crippen LogP contribution in [0.2, 0.25) is 0 Å². The number of hydrogen-bond donors (Lipinski definition) is 1. The van der Waals surface area contributed by atoms with Crippen molar-refractivity contribution in [1.29, 1.82) is 0 Å². The van der Waals surface area contributed by atoms with E-state index in [1.807, 2.05) is 0 Å². The minimum atomic E-state index is 0.288. The van der Waals surface area contributed by atoms with Gasteiger partial charge in [-0.2, -0.15) is 0 Å². The van der Waals surface area contributed by atoms with Crippen molar-refractivity contribution in [1.82, 2.24) is 4.90 Å². The van der Waals surface area contributed by atoms with Gasteiger partial charge in [-0.25, -0.2) is 0 Å². The molecule has 1 aliphatic rings. The summed E-state index contributed by atoms with van der Waals surface area (Å²) in [7, 11) is 0. The SMILES string of the molecule is Cc1ccc(CN2CC(N)CC(Cc3ccc(C)c(C)c3)C2)c(C)c1. The number of hydrogen-bond acceptors (Lipinski definition) is 2. The third kappa shape index (κ3) is 4.71. The summed E-state index contributed by atoms with van der Waals surface area (Å²) in [5.41, 5.74) is 14.8. The topological polar surface area (TPSA) is 29.3 Å². The fraction of sp³-hybridized carbons (Fsp3) is 0.478. The van der Waals surface area contributed by atoms with Gasteiger partial charge in [-0.15, -0.1) is 0 Å². The quantitative estimate of drug-likeness (QED) is 0.901.